The van der Waals surface area contributed by atoms with Crippen molar-refractivity contribution in [2.75, 3.05) is 18.5 Å². The van der Waals surface area contributed by atoms with E-state index in [1.54, 1.807) is 11.6 Å². The van der Waals surface area contributed by atoms with Gasteiger partial charge in [-0.25, -0.2) is 4.79 Å². The summed E-state index contributed by atoms with van der Waals surface area (Å²) in [4.78, 5) is 28.8. The number of rotatable bonds is 6. The number of aliphatic hydroxyl groups is 1. The molecule has 122 valence electrons. The van der Waals surface area contributed by atoms with Gasteiger partial charge < -0.3 is 15.0 Å². The fourth-order valence-electron chi connectivity index (χ4n) is 2.25. The summed E-state index contributed by atoms with van der Waals surface area (Å²) < 4.78 is 4.05. The predicted octanol–water partition coefficient (Wildman–Crippen LogP) is -0.145. The van der Waals surface area contributed by atoms with E-state index in [1.807, 2.05) is 6.92 Å². The molecule has 2 aromatic rings. The Morgan fingerprint density at radius 1 is 1.32 bits per heavy atom. The molecule has 22 heavy (non-hydrogen) atoms. The highest BCUT2D eigenvalue weighted by Crippen LogP contribution is 2.18. The number of aryl methyl sites for hydroxylation is 1. The van der Waals surface area contributed by atoms with Crippen LogP contribution in [0.5, 0.6) is 0 Å². The summed E-state index contributed by atoms with van der Waals surface area (Å²) in [7, 11) is 3.00. The Labute approximate surface area is 132 Å². The van der Waals surface area contributed by atoms with Crippen LogP contribution in [0.3, 0.4) is 0 Å². The van der Waals surface area contributed by atoms with Crippen LogP contribution >= 0.6 is 11.6 Å². The minimum atomic E-state index is -0.436. The van der Waals surface area contributed by atoms with Crippen LogP contribution in [0.1, 0.15) is 13.3 Å². The first-order valence-electron chi connectivity index (χ1n) is 7.07. The van der Waals surface area contributed by atoms with E-state index in [2.05, 4.69) is 10.3 Å². The summed E-state index contributed by atoms with van der Waals surface area (Å²) >= 11 is 6.22. The zero-order valence-corrected chi connectivity index (χ0v) is 13.6. The van der Waals surface area contributed by atoms with Gasteiger partial charge in [0.1, 0.15) is 0 Å². The Balaban J connectivity index is 2.75. The predicted molar refractivity (Wildman–Crippen MR) is 85.7 cm³/mol. The molecule has 0 radical (unpaired) electrons. The fourth-order valence-corrected chi connectivity index (χ4v) is 2.39. The number of alkyl halides is 1. The van der Waals surface area contributed by atoms with E-state index in [1.165, 1.54) is 11.6 Å². The lowest BCUT2D eigenvalue weighted by Crippen LogP contribution is -2.37. The van der Waals surface area contributed by atoms with Crippen molar-refractivity contribution in [1.29, 1.82) is 0 Å². The number of imidazole rings is 1. The molecular formula is C13H20ClN5O3. The standard InChI is InChI=1S/C13H20ClN5O3/c1-4-8(14)7-19-9-10(16-12(19)15-5-6-20)17(2)13(22)18(3)11(9)21/h8,20H,4-7H2,1-3H3,(H,15,16)/t8-/m1/s1. The second-order valence-electron chi connectivity index (χ2n) is 5.08. The number of halogens is 1. The van der Waals surface area contributed by atoms with Crippen LogP contribution in [-0.4, -0.2) is 42.3 Å². The molecule has 2 heterocycles. The van der Waals surface area contributed by atoms with Gasteiger partial charge in [-0.2, -0.15) is 4.98 Å². The lowest BCUT2D eigenvalue weighted by molar-refractivity contribution is 0.310. The molecular weight excluding hydrogens is 310 g/mol. The van der Waals surface area contributed by atoms with Crippen molar-refractivity contribution in [3.63, 3.8) is 0 Å². The van der Waals surface area contributed by atoms with Crippen LogP contribution in [0.15, 0.2) is 9.59 Å². The molecule has 0 saturated heterocycles. The quantitative estimate of drug-likeness (QED) is 0.719. The second kappa shape index (κ2) is 6.53. The number of nitrogens with zero attached hydrogens (tertiary/aromatic N) is 4. The van der Waals surface area contributed by atoms with Crippen LogP contribution in [-0.2, 0) is 20.6 Å². The first kappa shape index (κ1) is 16.6. The maximum atomic E-state index is 12.4. The number of aromatic nitrogens is 4. The first-order valence-corrected chi connectivity index (χ1v) is 7.51. The molecule has 0 aliphatic carbocycles. The third kappa shape index (κ3) is 2.76. The van der Waals surface area contributed by atoms with Gasteiger partial charge in [0.15, 0.2) is 11.2 Å². The smallest absolute Gasteiger partial charge is 0.332 e. The zero-order chi connectivity index (χ0) is 16.4. The Kier molecular flexibility index (Phi) is 4.92. The average molecular weight is 330 g/mol. The van der Waals surface area contributed by atoms with Gasteiger partial charge in [0, 0.05) is 27.2 Å². The van der Waals surface area contributed by atoms with Crippen molar-refractivity contribution in [3.8, 4) is 0 Å². The molecule has 0 amide bonds. The number of fused-ring (bicyclic) bond motifs is 1. The van der Waals surface area contributed by atoms with Crippen molar-refractivity contribution in [1.82, 2.24) is 18.7 Å². The van der Waals surface area contributed by atoms with Gasteiger partial charge in [0.2, 0.25) is 5.95 Å². The summed E-state index contributed by atoms with van der Waals surface area (Å²) in [5.41, 5.74) is -0.228. The Hall–Kier alpha value is -1.80. The second-order valence-corrected chi connectivity index (χ2v) is 5.70. The van der Waals surface area contributed by atoms with E-state index in [-0.39, 0.29) is 18.5 Å². The third-order valence-electron chi connectivity index (χ3n) is 3.57. The van der Waals surface area contributed by atoms with E-state index < -0.39 is 11.2 Å². The minimum Gasteiger partial charge on any atom is -0.395 e. The summed E-state index contributed by atoms with van der Waals surface area (Å²) in [5, 5.41) is 11.8. The van der Waals surface area contributed by atoms with Gasteiger partial charge >= 0.3 is 5.69 Å². The van der Waals surface area contributed by atoms with Crippen molar-refractivity contribution in [3.05, 3.63) is 20.8 Å². The van der Waals surface area contributed by atoms with Crippen LogP contribution in [0, 0.1) is 0 Å². The van der Waals surface area contributed by atoms with Gasteiger partial charge in [0.25, 0.3) is 5.56 Å². The van der Waals surface area contributed by atoms with Gasteiger partial charge in [-0.15, -0.1) is 11.6 Å². The maximum Gasteiger partial charge on any atom is 0.332 e. The summed E-state index contributed by atoms with van der Waals surface area (Å²) in [5.74, 6) is 0.418. The van der Waals surface area contributed by atoms with Crippen molar-refractivity contribution >= 4 is 28.7 Å². The summed E-state index contributed by atoms with van der Waals surface area (Å²) in [6, 6.07) is 0. The van der Waals surface area contributed by atoms with Gasteiger partial charge in [-0.1, -0.05) is 6.92 Å². The summed E-state index contributed by atoms with van der Waals surface area (Å²) in [6.07, 6.45) is 0.729. The number of anilines is 1. The van der Waals surface area contributed by atoms with Crippen LogP contribution in [0.4, 0.5) is 5.95 Å². The molecule has 0 bridgehead atoms. The van der Waals surface area contributed by atoms with Crippen LogP contribution < -0.4 is 16.6 Å². The van der Waals surface area contributed by atoms with Gasteiger partial charge in [-0.3, -0.25) is 13.9 Å². The molecule has 0 spiro atoms. The van der Waals surface area contributed by atoms with Crippen LogP contribution in [0.2, 0.25) is 0 Å². The Bertz CT molecular complexity index is 792. The topological polar surface area (TPSA) is 94.1 Å². The lowest BCUT2D eigenvalue weighted by atomic mass is 10.3. The highest BCUT2D eigenvalue weighted by molar-refractivity contribution is 6.20. The van der Waals surface area contributed by atoms with E-state index in [9.17, 15) is 9.59 Å². The lowest BCUT2D eigenvalue weighted by Gasteiger charge is -2.13. The molecule has 0 fully saturated rings. The van der Waals surface area contributed by atoms with E-state index in [0.29, 0.717) is 23.7 Å². The highest BCUT2D eigenvalue weighted by atomic mass is 35.5. The van der Waals surface area contributed by atoms with Gasteiger partial charge in [-0.05, 0) is 6.42 Å². The van der Waals surface area contributed by atoms with Crippen molar-refractivity contribution in [2.45, 2.75) is 25.3 Å². The molecule has 8 nitrogen and oxygen atoms in total. The number of hydrogen-bond acceptors (Lipinski definition) is 5. The third-order valence-corrected chi connectivity index (χ3v) is 4.01. The molecule has 0 aliphatic rings. The number of hydrogen-bond donors (Lipinski definition) is 2. The molecule has 0 saturated carbocycles. The maximum absolute atomic E-state index is 12.4. The largest absolute Gasteiger partial charge is 0.395 e. The fraction of sp³-hybridized carbons (Fsp3) is 0.615. The zero-order valence-electron chi connectivity index (χ0n) is 12.8. The minimum absolute atomic E-state index is 0.0712. The van der Waals surface area contributed by atoms with Gasteiger partial charge in [0.05, 0.1) is 12.0 Å². The van der Waals surface area contributed by atoms with Crippen molar-refractivity contribution in [2.24, 2.45) is 14.1 Å². The SMILES string of the molecule is CC[C@@H](Cl)Cn1c(NCCO)nc2c1c(=O)n(C)c(=O)n2C. The molecule has 0 aromatic carbocycles. The molecule has 0 unspecified atom stereocenters. The molecule has 9 heteroatoms. The molecule has 2 rings (SSSR count). The molecule has 2 N–H and O–H groups in total. The highest BCUT2D eigenvalue weighted by Gasteiger charge is 2.20. The summed E-state index contributed by atoms with van der Waals surface area (Å²) in [6.45, 7) is 2.55. The molecule has 1 atom stereocenters. The average Bonchev–Trinajstić information content (AvgIpc) is 2.87. The Morgan fingerprint density at radius 3 is 2.59 bits per heavy atom. The van der Waals surface area contributed by atoms with Crippen molar-refractivity contribution < 1.29 is 5.11 Å². The number of nitrogens with one attached hydrogen (secondary N) is 1. The number of aliphatic hydroxyl groups excluding tert-OH is 1. The normalized spacial score (nSPS) is 12.8. The van der Waals surface area contributed by atoms with Crippen LogP contribution in [0.25, 0.3) is 11.2 Å². The molecule has 2 aromatic heterocycles. The van der Waals surface area contributed by atoms with E-state index in [0.717, 1.165) is 11.0 Å². The van der Waals surface area contributed by atoms with E-state index >= 15 is 0 Å². The Morgan fingerprint density at radius 2 is 2.00 bits per heavy atom. The monoisotopic (exact) mass is 329 g/mol. The first-order chi connectivity index (χ1) is 10.4. The van der Waals surface area contributed by atoms with E-state index in [4.69, 9.17) is 16.7 Å². The molecule has 0 aliphatic heterocycles.